The van der Waals surface area contributed by atoms with Crippen molar-refractivity contribution < 1.29 is 17.0 Å². The first kappa shape index (κ1) is 15.8. The van der Waals surface area contributed by atoms with E-state index in [-0.39, 0.29) is 0 Å². The molecule has 0 spiro atoms. The van der Waals surface area contributed by atoms with E-state index in [1.807, 2.05) is 0 Å². The van der Waals surface area contributed by atoms with Crippen molar-refractivity contribution in [3.8, 4) is 0 Å². The van der Waals surface area contributed by atoms with E-state index in [0.29, 0.717) is 12.1 Å². The van der Waals surface area contributed by atoms with Gasteiger partial charge in [-0.25, -0.2) is 0 Å². The van der Waals surface area contributed by atoms with Crippen molar-refractivity contribution in [3.63, 3.8) is 0 Å². The zero-order valence-electron chi connectivity index (χ0n) is 8.01. The Morgan fingerprint density at radius 3 is 1.42 bits per heavy atom. The standard InChI is InChI=1S/C6H14B2N.2ClH.Ti/c1-5(2)9(8-7)6(3)4;;;/h5-6H,1-4H3;2*1H;/q;;;+2/p-2. The SMILES string of the molecule is [B][B]N(C(C)C)C(C)C.[Cl][Ti][Cl]. The van der Waals surface area contributed by atoms with E-state index < -0.39 is 17.0 Å². The third-order valence-corrected chi connectivity index (χ3v) is 1.36. The van der Waals surface area contributed by atoms with Crippen molar-refractivity contribution >= 4 is 33.7 Å². The fourth-order valence-corrected chi connectivity index (χ4v) is 0.941. The topological polar surface area (TPSA) is 3.24 Å². The van der Waals surface area contributed by atoms with Crippen molar-refractivity contribution in [3.05, 3.63) is 0 Å². The van der Waals surface area contributed by atoms with E-state index in [2.05, 4.69) is 32.5 Å². The minimum atomic E-state index is -0.556. The summed E-state index contributed by atoms with van der Waals surface area (Å²) in [6.07, 6.45) is 0. The summed E-state index contributed by atoms with van der Waals surface area (Å²) in [5.41, 5.74) is 0. The van der Waals surface area contributed by atoms with Gasteiger partial charge in [0.25, 0.3) is 0 Å². The normalized spacial score (nSPS) is 9.75. The van der Waals surface area contributed by atoms with Gasteiger partial charge >= 0.3 is 35.6 Å². The van der Waals surface area contributed by atoms with Gasteiger partial charge in [0.1, 0.15) is 7.31 Å². The molecule has 0 N–H and O–H groups in total. The molecule has 0 aromatic rings. The van der Waals surface area contributed by atoms with Gasteiger partial charge in [0.15, 0.2) is 0 Å². The van der Waals surface area contributed by atoms with Crippen LogP contribution in [0, 0.1) is 0 Å². The molecule has 67 valence electrons. The minimum absolute atomic E-state index is 0.509. The molecule has 0 heterocycles. The van der Waals surface area contributed by atoms with E-state index >= 15 is 0 Å². The first-order valence-electron chi connectivity index (χ1n) is 3.80. The molecule has 0 saturated heterocycles. The molecule has 0 aliphatic carbocycles. The Labute approximate surface area is 94.9 Å². The van der Waals surface area contributed by atoms with Crippen LogP contribution in [0.2, 0.25) is 0 Å². The Morgan fingerprint density at radius 2 is 1.42 bits per heavy atom. The Balaban J connectivity index is 0. The van der Waals surface area contributed by atoms with Crippen molar-refractivity contribution in [1.82, 2.24) is 4.81 Å². The van der Waals surface area contributed by atoms with Crippen molar-refractivity contribution in [2.75, 3.05) is 0 Å². The fourth-order valence-electron chi connectivity index (χ4n) is 0.941. The van der Waals surface area contributed by atoms with E-state index in [0.717, 1.165) is 0 Å². The number of nitrogens with zero attached hydrogens (tertiary/aromatic N) is 1. The molecule has 0 aromatic heterocycles. The molecule has 0 aromatic carbocycles. The Hall–Kier alpha value is 1.38. The molecule has 0 aliphatic rings. The molecule has 1 nitrogen and oxygen atoms in total. The van der Waals surface area contributed by atoms with Gasteiger partial charge in [0.2, 0.25) is 0 Å². The van der Waals surface area contributed by atoms with Crippen LogP contribution in [0.15, 0.2) is 0 Å². The van der Waals surface area contributed by atoms with Crippen LogP contribution in [-0.2, 0) is 17.0 Å². The second kappa shape index (κ2) is 10.5. The van der Waals surface area contributed by atoms with Gasteiger partial charge in [-0.1, -0.05) is 27.7 Å². The van der Waals surface area contributed by atoms with Crippen LogP contribution < -0.4 is 0 Å². The molecule has 0 saturated carbocycles. The summed E-state index contributed by atoms with van der Waals surface area (Å²) in [6, 6.07) is 1.02. The molecule has 0 amide bonds. The summed E-state index contributed by atoms with van der Waals surface area (Å²) in [5.74, 6) is 0. The van der Waals surface area contributed by atoms with Crippen molar-refractivity contribution in [2.24, 2.45) is 0 Å². The molecular formula is C6H14B2Cl2NTi. The van der Waals surface area contributed by atoms with Gasteiger partial charge in [0.05, 0.1) is 0 Å². The summed E-state index contributed by atoms with van der Waals surface area (Å²) in [5, 5.41) is 0. The second-order valence-corrected chi connectivity index (χ2v) is 5.43. The van der Waals surface area contributed by atoms with Crippen LogP contribution in [-0.4, -0.2) is 31.9 Å². The van der Waals surface area contributed by atoms with Crippen LogP contribution in [0.3, 0.4) is 0 Å². The maximum absolute atomic E-state index is 5.38. The molecule has 6 heteroatoms. The average Bonchev–Trinajstić information content (AvgIpc) is 1.88. The molecule has 0 fully saturated rings. The molecule has 0 unspecified atom stereocenters. The molecular weight excluding hydrogens is 226 g/mol. The number of hydrogen-bond acceptors (Lipinski definition) is 1. The van der Waals surface area contributed by atoms with E-state index in [1.165, 1.54) is 0 Å². The van der Waals surface area contributed by atoms with Gasteiger partial charge < -0.3 is 4.81 Å². The monoisotopic (exact) mass is 240 g/mol. The fraction of sp³-hybridized carbons (Fsp3) is 1.00. The Morgan fingerprint density at radius 1 is 1.17 bits per heavy atom. The van der Waals surface area contributed by atoms with Gasteiger partial charge in [-0.05, 0) is 12.1 Å². The first-order valence-corrected chi connectivity index (χ1v) is 8.09. The predicted octanol–water partition coefficient (Wildman–Crippen LogP) is 2.18. The molecule has 0 rings (SSSR count). The second-order valence-electron chi connectivity index (χ2n) is 2.86. The molecule has 0 atom stereocenters. The third kappa shape index (κ3) is 9.47. The van der Waals surface area contributed by atoms with Gasteiger partial charge in [-0.15, -0.1) is 0 Å². The van der Waals surface area contributed by atoms with Crippen molar-refractivity contribution in [2.45, 2.75) is 39.8 Å². The molecule has 12 heavy (non-hydrogen) atoms. The third-order valence-electron chi connectivity index (χ3n) is 1.36. The predicted molar refractivity (Wildman–Crippen MR) is 55.3 cm³/mol. The van der Waals surface area contributed by atoms with Crippen molar-refractivity contribution in [1.29, 1.82) is 0 Å². The summed E-state index contributed by atoms with van der Waals surface area (Å²) in [4.78, 5) is 2.11. The maximum atomic E-state index is 5.38. The van der Waals surface area contributed by atoms with Gasteiger partial charge in [0, 0.05) is 7.74 Å². The van der Waals surface area contributed by atoms with Gasteiger partial charge in [-0.2, -0.15) is 0 Å². The van der Waals surface area contributed by atoms with Crippen LogP contribution in [0.25, 0.3) is 0 Å². The van der Waals surface area contributed by atoms with Crippen LogP contribution in [0.4, 0.5) is 0 Å². The zero-order valence-corrected chi connectivity index (χ0v) is 11.1. The summed E-state index contributed by atoms with van der Waals surface area (Å²) in [6.45, 7) is 8.51. The van der Waals surface area contributed by atoms with Gasteiger partial charge in [-0.3, -0.25) is 0 Å². The number of rotatable bonds is 3. The van der Waals surface area contributed by atoms with E-state index in [1.54, 1.807) is 7.31 Å². The Bertz CT molecular complexity index is 87.6. The van der Waals surface area contributed by atoms with E-state index in [9.17, 15) is 0 Å². The first-order chi connectivity index (χ1) is 5.51. The average molecular weight is 241 g/mol. The number of halogens is 2. The molecule has 0 aliphatic heterocycles. The van der Waals surface area contributed by atoms with Crippen LogP contribution in [0.1, 0.15) is 27.7 Å². The molecule has 0 bridgehead atoms. The Kier molecular flexibility index (Phi) is 13.8. The quantitative estimate of drug-likeness (QED) is 0.684. The summed E-state index contributed by atoms with van der Waals surface area (Å²) >= 11 is -0.556. The summed E-state index contributed by atoms with van der Waals surface area (Å²) < 4.78 is 0. The zero-order chi connectivity index (χ0) is 10.1. The summed E-state index contributed by atoms with van der Waals surface area (Å²) in [7, 11) is 16.8. The van der Waals surface area contributed by atoms with E-state index in [4.69, 9.17) is 26.3 Å². The van der Waals surface area contributed by atoms with Crippen LogP contribution >= 0.6 is 18.6 Å². The molecule has 3 radical (unpaired) electrons. The van der Waals surface area contributed by atoms with Crippen LogP contribution in [0.5, 0.6) is 0 Å². The number of hydrogen-bond donors (Lipinski definition) is 0.